The number of rotatable bonds is 5. The van der Waals surface area contributed by atoms with Crippen LogP contribution in [0.15, 0.2) is 12.2 Å². The van der Waals surface area contributed by atoms with E-state index in [1.807, 2.05) is 0 Å². The largest absolute Gasteiger partial charge is 0.473 e. The number of carbonyl (C=O) groups excluding carboxylic acids is 1. The quantitative estimate of drug-likeness (QED) is 0.168. The van der Waals surface area contributed by atoms with E-state index in [4.69, 9.17) is 15.3 Å². The maximum absolute atomic E-state index is 10.9. The number of aliphatic hydroxyl groups excluding tert-OH is 4. The van der Waals surface area contributed by atoms with Crippen molar-refractivity contribution in [1.82, 2.24) is 0 Å². The number of carboxylic acids is 1. The van der Waals surface area contributed by atoms with E-state index < -0.39 is 31.3 Å². The van der Waals surface area contributed by atoms with Gasteiger partial charge >= 0.3 is 11.9 Å². The fourth-order valence-corrected chi connectivity index (χ4v) is 11.8. The third-order valence-corrected chi connectivity index (χ3v) is 14.3. The summed E-state index contributed by atoms with van der Waals surface area (Å²) >= 11 is 0. The van der Waals surface area contributed by atoms with E-state index in [9.17, 15) is 19.8 Å². The number of carbonyl (C=O) groups is 2. The first-order valence-electron chi connectivity index (χ1n) is 16.6. The molecule has 5 saturated carbocycles. The van der Waals surface area contributed by atoms with Gasteiger partial charge in [-0.2, -0.15) is 0 Å². The first kappa shape index (κ1) is 34.4. The van der Waals surface area contributed by atoms with Crippen molar-refractivity contribution in [2.45, 2.75) is 118 Å². The summed E-state index contributed by atoms with van der Waals surface area (Å²) in [6, 6.07) is 0. The molecule has 5 fully saturated rings. The van der Waals surface area contributed by atoms with Crippen molar-refractivity contribution in [3.05, 3.63) is 12.2 Å². The summed E-state index contributed by atoms with van der Waals surface area (Å²) in [6.07, 6.45) is 11.0. The molecule has 246 valence electrons. The second-order valence-corrected chi connectivity index (χ2v) is 16.3. The lowest BCUT2D eigenvalue weighted by Gasteiger charge is -2.73. The Bertz CT molecular complexity index is 1070. The van der Waals surface area contributed by atoms with E-state index in [-0.39, 0.29) is 16.9 Å². The molecule has 8 heteroatoms. The van der Waals surface area contributed by atoms with Crippen molar-refractivity contribution in [3.63, 3.8) is 0 Å². The molecule has 0 aliphatic heterocycles. The van der Waals surface area contributed by atoms with Gasteiger partial charge < -0.3 is 30.3 Å². The van der Waals surface area contributed by atoms with Crippen LogP contribution in [-0.2, 0) is 14.3 Å². The standard InChI is InChI=1S/C30H50O2.C5H8O6/c1-19(2)20-10-15-30(18-31)17-16-28(6)21(25(20)30)8-9-23-27(5)13-12-24(32)26(3,4)22(27)11-14-29(23,28)7;6-1-3(7)2-11-5(10)4(8)9/h20-25,31-32H,1,8-18H2,2-7H3;3,6-7H,1-2H2,(H,8,9)/t20-,21+,22-,23+,24-,25+,27-,28+,29+,30+;/m0./s1. The lowest BCUT2D eigenvalue weighted by molar-refractivity contribution is -0.249. The van der Waals surface area contributed by atoms with Gasteiger partial charge in [-0.3, -0.25) is 0 Å². The van der Waals surface area contributed by atoms with Crippen LogP contribution in [-0.4, -0.2) is 69.5 Å². The minimum atomic E-state index is -1.73. The van der Waals surface area contributed by atoms with Gasteiger partial charge in [-0.05, 0) is 128 Å². The smallest absolute Gasteiger partial charge is 0.417 e. The van der Waals surface area contributed by atoms with Gasteiger partial charge in [0.2, 0.25) is 0 Å². The lowest BCUT2D eigenvalue weighted by Crippen LogP contribution is -2.66. The Morgan fingerprint density at radius 1 is 0.884 bits per heavy atom. The summed E-state index contributed by atoms with van der Waals surface area (Å²) in [7, 11) is 0. The molecule has 5 rings (SSSR count). The minimum absolute atomic E-state index is 0.0290. The second-order valence-electron chi connectivity index (χ2n) is 16.3. The SMILES string of the molecule is C=C(C)[C@@H]1CC[C@]2(CO)CC[C@]3(C)[C@H](CC[C@@H]4[C@@]5(C)CC[C@H](O)C(C)(C)[C@@H]5CC[C@]43C)[C@@H]12.O=C(O)C(=O)OCC(O)CO. The van der Waals surface area contributed by atoms with Crippen molar-refractivity contribution in [1.29, 1.82) is 0 Å². The molecule has 5 aliphatic carbocycles. The Balaban J connectivity index is 0.000000330. The first-order valence-corrected chi connectivity index (χ1v) is 16.6. The predicted octanol–water partition coefficient (Wildman–Crippen LogP) is 4.96. The summed E-state index contributed by atoms with van der Waals surface area (Å²) in [5.74, 6) is 0.156. The van der Waals surface area contributed by atoms with Gasteiger partial charge in [0.25, 0.3) is 0 Å². The third kappa shape index (κ3) is 5.40. The molecule has 5 N–H and O–H groups in total. The Hall–Kier alpha value is -1.48. The number of esters is 1. The Labute approximate surface area is 258 Å². The zero-order valence-corrected chi connectivity index (χ0v) is 27.4. The van der Waals surface area contributed by atoms with Crippen molar-refractivity contribution in [3.8, 4) is 0 Å². The van der Waals surface area contributed by atoms with Gasteiger partial charge in [-0.25, -0.2) is 9.59 Å². The van der Waals surface area contributed by atoms with E-state index in [1.165, 1.54) is 63.4 Å². The van der Waals surface area contributed by atoms with Crippen molar-refractivity contribution >= 4 is 11.9 Å². The number of fused-ring (bicyclic) bond motifs is 7. The van der Waals surface area contributed by atoms with Crippen molar-refractivity contribution in [2.75, 3.05) is 19.8 Å². The number of carboxylic acid groups (broad SMARTS) is 1. The van der Waals surface area contributed by atoms with Crippen molar-refractivity contribution < 1.29 is 39.9 Å². The second kappa shape index (κ2) is 12.0. The van der Waals surface area contributed by atoms with E-state index >= 15 is 0 Å². The molecule has 0 radical (unpaired) electrons. The average molecular weight is 607 g/mol. The number of hydrogen-bond acceptors (Lipinski definition) is 7. The van der Waals surface area contributed by atoms with E-state index in [0.717, 1.165) is 18.3 Å². The normalized spacial score (nSPS) is 45.2. The highest BCUT2D eigenvalue weighted by Gasteiger charge is 2.70. The number of allylic oxidation sites excluding steroid dienone is 1. The highest BCUT2D eigenvalue weighted by Crippen LogP contribution is 2.77. The molecule has 0 aromatic carbocycles. The molecule has 0 saturated heterocycles. The highest BCUT2D eigenvalue weighted by atomic mass is 16.6. The summed E-state index contributed by atoms with van der Waals surface area (Å²) in [4.78, 5) is 19.9. The molecule has 0 aromatic heterocycles. The molecule has 0 amide bonds. The molecule has 0 bridgehead atoms. The van der Waals surface area contributed by atoms with Gasteiger partial charge in [0.15, 0.2) is 0 Å². The fraction of sp³-hybridized carbons (Fsp3) is 0.886. The molecule has 5 aliphatic rings. The monoisotopic (exact) mass is 606 g/mol. The van der Waals surface area contributed by atoms with Gasteiger partial charge in [0.05, 0.1) is 12.7 Å². The molecular formula is C35H58O8. The number of aliphatic hydroxyl groups is 4. The van der Waals surface area contributed by atoms with Crippen LogP contribution in [0.2, 0.25) is 0 Å². The van der Waals surface area contributed by atoms with E-state index in [0.29, 0.717) is 40.6 Å². The highest BCUT2D eigenvalue weighted by molar-refractivity contribution is 6.28. The zero-order valence-electron chi connectivity index (χ0n) is 27.4. The number of hydrogen-bond donors (Lipinski definition) is 5. The molecule has 8 nitrogen and oxygen atoms in total. The Morgan fingerprint density at radius 2 is 1.56 bits per heavy atom. The van der Waals surface area contributed by atoms with E-state index in [1.54, 1.807) is 0 Å². The molecule has 0 aromatic rings. The minimum Gasteiger partial charge on any atom is -0.473 e. The summed E-state index contributed by atoms with van der Waals surface area (Å²) < 4.78 is 4.01. The van der Waals surface area contributed by atoms with Gasteiger partial charge in [0.1, 0.15) is 12.7 Å². The lowest BCUT2D eigenvalue weighted by atomic mass is 9.32. The van der Waals surface area contributed by atoms with Crippen LogP contribution in [0.1, 0.15) is 106 Å². The van der Waals surface area contributed by atoms with E-state index in [2.05, 4.69) is 52.9 Å². The summed E-state index contributed by atoms with van der Waals surface area (Å²) in [5, 5.41) is 46.3. The Kier molecular flexibility index (Phi) is 9.63. The molecule has 0 spiro atoms. The van der Waals surface area contributed by atoms with Crippen LogP contribution < -0.4 is 0 Å². The number of aliphatic carboxylic acids is 1. The maximum Gasteiger partial charge on any atom is 0.417 e. The summed E-state index contributed by atoms with van der Waals surface area (Å²) in [6.45, 7) is 18.6. The molecular weight excluding hydrogens is 548 g/mol. The molecule has 0 heterocycles. The molecule has 11 atom stereocenters. The molecule has 1 unspecified atom stereocenters. The van der Waals surface area contributed by atoms with Crippen LogP contribution >= 0.6 is 0 Å². The fourth-order valence-electron chi connectivity index (χ4n) is 11.8. The van der Waals surface area contributed by atoms with Gasteiger partial charge in [0, 0.05) is 6.61 Å². The van der Waals surface area contributed by atoms with Crippen LogP contribution in [0.4, 0.5) is 0 Å². The maximum atomic E-state index is 10.9. The van der Waals surface area contributed by atoms with Crippen LogP contribution in [0, 0.1) is 56.7 Å². The van der Waals surface area contributed by atoms with Gasteiger partial charge in [-0.1, -0.05) is 46.8 Å². The first-order chi connectivity index (χ1) is 19.9. The topological polar surface area (TPSA) is 145 Å². The van der Waals surface area contributed by atoms with Crippen LogP contribution in [0.25, 0.3) is 0 Å². The molecule has 43 heavy (non-hydrogen) atoms. The predicted molar refractivity (Wildman–Crippen MR) is 164 cm³/mol. The van der Waals surface area contributed by atoms with Crippen LogP contribution in [0.5, 0.6) is 0 Å². The Morgan fingerprint density at radius 3 is 2.14 bits per heavy atom. The van der Waals surface area contributed by atoms with Crippen molar-refractivity contribution in [2.24, 2.45) is 56.7 Å². The zero-order chi connectivity index (χ0) is 32.2. The van der Waals surface area contributed by atoms with Crippen LogP contribution in [0.3, 0.4) is 0 Å². The average Bonchev–Trinajstić information content (AvgIpc) is 3.35. The number of ether oxygens (including phenoxy) is 1. The third-order valence-electron chi connectivity index (χ3n) is 14.3. The van der Waals surface area contributed by atoms with Gasteiger partial charge in [-0.15, -0.1) is 0 Å². The summed E-state index contributed by atoms with van der Waals surface area (Å²) in [5.41, 5.74) is 2.60.